The van der Waals surface area contributed by atoms with Gasteiger partial charge in [-0.2, -0.15) is 0 Å². The van der Waals surface area contributed by atoms with E-state index in [1.54, 1.807) is 0 Å². The molecule has 0 bridgehead atoms. The Balaban J connectivity index is 1.44. The number of carbonyl (C=O) groups excluding carboxylic acids is 1. The van der Waals surface area contributed by atoms with Gasteiger partial charge in [-0.15, -0.1) is 5.10 Å². The van der Waals surface area contributed by atoms with Crippen LogP contribution in [-0.4, -0.2) is 62.0 Å². The number of aryl methyl sites for hydroxylation is 1. The van der Waals surface area contributed by atoms with Crippen LogP contribution >= 0.6 is 11.5 Å². The predicted octanol–water partition coefficient (Wildman–Crippen LogP) is 1.52. The molecule has 2 saturated heterocycles. The number of aliphatic carboxylic acids is 1. The fraction of sp³-hybridized carbons (Fsp3) is 0.765. The van der Waals surface area contributed by atoms with E-state index in [0.29, 0.717) is 18.9 Å². The SMILES string of the molecule is Cc1nnsc1CN1CC2(CCN(C(=O)C3CC3)CC2)C[C@@H]1C(=O)O. The molecule has 1 aliphatic carbocycles. The third kappa shape index (κ3) is 3.29. The van der Waals surface area contributed by atoms with E-state index in [9.17, 15) is 14.7 Å². The third-order valence-corrected chi connectivity index (χ3v) is 6.85. The van der Waals surface area contributed by atoms with E-state index >= 15 is 0 Å². The molecular formula is C17H24N4O3S. The molecule has 4 rings (SSSR count). The van der Waals surface area contributed by atoms with Crippen LogP contribution in [0.1, 0.15) is 42.7 Å². The quantitative estimate of drug-likeness (QED) is 0.872. The Kier molecular flexibility index (Phi) is 4.27. The number of carboxylic acids is 1. The summed E-state index contributed by atoms with van der Waals surface area (Å²) in [7, 11) is 0. The van der Waals surface area contributed by atoms with Gasteiger partial charge in [0.25, 0.3) is 0 Å². The van der Waals surface area contributed by atoms with Gasteiger partial charge in [-0.25, -0.2) is 0 Å². The molecule has 1 aromatic heterocycles. The molecule has 0 aromatic carbocycles. The van der Waals surface area contributed by atoms with Crippen molar-refractivity contribution in [1.82, 2.24) is 19.4 Å². The summed E-state index contributed by atoms with van der Waals surface area (Å²) < 4.78 is 3.96. The van der Waals surface area contributed by atoms with Crippen LogP contribution in [0, 0.1) is 18.3 Å². The van der Waals surface area contributed by atoms with Crippen molar-refractivity contribution < 1.29 is 14.7 Å². The zero-order valence-corrected chi connectivity index (χ0v) is 15.3. The number of piperidine rings is 1. The highest BCUT2D eigenvalue weighted by atomic mass is 32.1. The zero-order valence-electron chi connectivity index (χ0n) is 14.5. The van der Waals surface area contributed by atoms with Crippen LogP contribution in [0.4, 0.5) is 0 Å². The van der Waals surface area contributed by atoms with Gasteiger partial charge >= 0.3 is 5.97 Å². The second-order valence-electron chi connectivity index (χ2n) is 7.84. The highest BCUT2D eigenvalue weighted by Crippen LogP contribution is 2.45. The molecule has 3 heterocycles. The lowest BCUT2D eigenvalue weighted by Crippen LogP contribution is -2.44. The first-order valence-corrected chi connectivity index (χ1v) is 9.78. The smallest absolute Gasteiger partial charge is 0.320 e. The molecule has 1 aromatic rings. The summed E-state index contributed by atoms with van der Waals surface area (Å²) in [4.78, 5) is 29.2. The molecule has 7 nitrogen and oxygen atoms in total. The highest BCUT2D eigenvalue weighted by molar-refractivity contribution is 7.05. The van der Waals surface area contributed by atoms with Crippen molar-refractivity contribution in [3.05, 3.63) is 10.6 Å². The van der Waals surface area contributed by atoms with E-state index < -0.39 is 12.0 Å². The van der Waals surface area contributed by atoms with Crippen molar-refractivity contribution in [1.29, 1.82) is 0 Å². The van der Waals surface area contributed by atoms with Gasteiger partial charge in [0.1, 0.15) is 6.04 Å². The molecule has 136 valence electrons. The van der Waals surface area contributed by atoms with Crippen LogP contribution in [0.25, 0.3) is 0 Å². The van der Waals surface area contributed by atoms with Gasteiger partial charge in [0, 0.05) is 32.1 Å². The van der Waals surface area contributed by atoms with Gasteiger partial charge in [-0.3, -0.25) is 14.5 Å². The molecule has 3 fully saturated rings. The van der Waals surface area contributed by atoms with Gasteiger partial charge in [0.05, 0.1) is 10.6 Å². The number of rotatable bonds is 4. The summed E-state index contributed by atoms with van der Waals surface area (Å²) >= 11 is 1.35. The minimum absolute atomic E-state index is 0.0232. The van der Waals surface area contributed by atoms with Gasteiger partial charge in [-0.05, 0) is 56.0 Å². The predicted molar refractivity (Wildman–Crippen MR) is 92.1 cm³/mol. The van der Waals surface area contributed by atoms with E-state index in [1.807, 2.05) is 11.8 Å². The first kappa shape index (κ1) is 16.9. The van der Waals surface area contributed by atoms with E-state index in [4.69, 9.17) is 0 Å². The number of likely N-dealkylation sites (tertiary alicyclic amines) is 2. The lowest BCUT2D eigenvalue weighted by Gasteiger charge is -2.39. The summed E-state index contributed by atoms with van der Waals surface area (Å²) in [6.07, 6.45) is 4.57. The molecule has 25 heavy (non-hydrogen) atoms. The Hall–Kier alpha value is -1.54. The second-order valence-corrected chi connectivity index (χ2v) is 8.68. The summed E-state index contributed by atoms with van der Waals surface area (Å²) in [6.45, 7) is 4.86. The molecule has 3 aliphatic rings. The van der Waals surface area contributed by atoms with Gasteiger partial charge in [-0.1, -0.05) is 4.49 Å². The topological polar surface area (TPSA) is 86.6 Å². The largest absolute Gasteiger partial charge is 0.480 e. The van der Waals surface area contributed by atoms with Crippen LogP contribution in [0.2, 0.25) is 0 Å². The number of hydrogen-bond donors (Lipinski definition) is 1. The standard InChI is InChI=1S/C17H24N4O3S/c1-11-14(25-19-18-11)9-21-10-17(8-13(21)16(23)24)4-6-20(7-5-17)15(22)12-2-3-12/h12-13H,2-10H2,1H3,(H,23,24)/t13-/m1/s1. The summed E-state index contributed by atoms with van der Waals surface area (Å²) in [5.74, 6) is -0.169. The maximum atomic E-state index is 12.3. The summed E-state index contributed by atoms with van der Waals surface area (Å²) in [5.41, 5.74) is 0.912. The average molecular weight is 364 g/mol. The molecular weight excluding hydrogens is 340 g/mol. The first-order chi connectivity index (χ1) is 12.0. The molecule has 1 amide bonds. The second kappa shape index (κ2) is 6.32. The van der Waals surface area contributed by atoms with Crippen LogP contribution in [0.5, 0.6) is 0 Å². The molecule has 0 unspecified atom stereocenters. The van der Waals surface area contributed by atoms with Gasteiger partial charge < -0.3 is 10.0 Å². The van der Waals surface area contributed by atoms with Crippen molar-refractivity contribution in [2.45, 2.75) is 51.6 Å². The number of amides is 1. The Bertz CT molecular complexity index is 679. The van der Waals surface area contributed by atoms with Gasteiger partial charge in [0.2, 0.25) is 5.91 Å². The van der Waals surface area contributed by atoms with Crippen molar-refractivity contribution in [3.63, 3.8) is 0 Å². The maximum absolute atomic E-state index is 12.3. The van der Waals surface area contributed by atoms with E-state index in [2.05, 4.69) is 14.5 Å². The Morgan fingerprint density at radius 3 is 2.60 bits per heavy atom. The van der Waals surface area contributed by atoms with E-state index in [0.717, 1.165) is 55.9 Å². The number of carboxylic acid groups (broad SMARTS) is 1. The number of hydrogen-bond acceptors (Lipinski definition) is 6. The molecule has 0 radical (unpaired) electrons. The number of nitrogens with zero attached hydrogens (tertiary/aromatic N) is 4. The molecule has 1 N–H and O–H groups in total. The van der Waals surface area contributed by atoms with Gasteiger partial charge in [0.15, 0.2) is 0 Å². The normalized spacial score (nSPS) is 26.3. The van der Waals surface area contributed by atoms with Crippen molar-refractivity contribution in [2.75, 3.05) is 19.6 Å². The van der Waals surface area contributed by atoms with Crippen LogP contribution < -0.4 is 0 Å². The van der Waals surface area contributed by atoms with Crippen LogP contribution in [0.15, 0.2) is 0 Å². The Morgan fingerprint density at radius 2 is 2.04 bits per heavy atom. The third-order valence-electron chi connectivity index (χ3n) is 6.05. The molecule has 1 spiro atoms. The molecule has 1 saturated carbocycles. The fourth-order valence-corrected chi connectivity index (χ4v) is 4.95. The first-order valence-electron chi connectivity index (χ1n) is 9.01. The highest BCUT2D eigenvalue weighted by Gasteiger charge is 2.49. The van der Waals surface area contributed by atoms with E-state index in [1.165, 1.54) is 11.5 Å². The molecule has 1 atom stereocenters. The number of carbonyl (C=O) groups is 2. The lowest BCUT2D eigenvalue weighted by molar-refractivity contribution is -0.142. The zero-order chi connectivity index (χ0) is 17.6. The monoisotopic (exact) mass is 364 g/mol. The fourth-order valence-electron chi connectivity index (χ4n) is 4.29. The Labute approximate surface area is 151 Å². The summed E-state index contributed by atoms with van der Waals surface area (Å²) in [5, 5.41) is 13.7. The molecule has 8 heteroatoms. The Morgan fingerprint density at radius 1 is 1.32 bits per heavy atom. The minimum atomic E-state index is -0.747. The van der Waals surface area contributed by atoms with Crippen LogP contribution in [-0.2, 0) is 16.1 Å². The van der Waals surface area contributed by atoms with Crippen LogP contribution in [0.3, 0.4) is 0 Å². The molecule has 2 aliphatic heterocycles. The summed E-state index contributed by atoms with van der Waals surface area (Å²) in [6, 6.07) is -0.452. The van der Waals surface area contributed by atoms with Crippen molar-refractivity contribution in [3.8, 4) is 0 Å². The van der Waals surface area contributed by atoms with Crippen molar-refractivity contribution in [2.24, 2.45) is 11.3 Å². The lowest BCUT2D eigenvalue weighted by atomic mass is 9.76. The van der Waals surface area contributed by atoms with Crippen molar-refractivity contribution >= 4 is 23.4 Å². The number of aromatic nitrogens is 2. The average Bonchev–Trinajstić information content (AvgIpc) is 3.28. The minimum Gasteiger partial charge on any atom is -0.480 e. The van der Waals surface area contributed by atoms with E-state index in [-0.39, 0.29) is 11.3 Å². The maximum Gasteiger partial charge on any atom is 0.320 e.